The summed E-state index contributed by atoms with van der Waals surface area (Å²) in [5.41, 5.74) is 6.23. The van der Waals surface area contributed by atoms with Crippen molar-refractivity contribution < 1.29 is 18.9 Å². The van der Waals surface area contributed by atoms with Crippen LogP contribution in [0.25, 0.3) is 0 Å². The number of anilines is 1. The van der Waals surface area contributed by atoms with Gasteiger partial charge in [0.05, 0.1) is 21.3 Å². The molecule has 0 spiro atoms. The first-order valence-corrected chi connectivity index (χ1v) is 5.61. The fourth-order valence-corrected chi connectivity index (χ4v) is 1.42. The van der Waals surface area contributed by atoms with Crippen molar-refractivity contribution >= 4 is 5.69 Å². The van der Waals surface area contributed by atoms with Gasteiger partial charge in [-0.15, -0.1) is 15.0 Å². The van der Waals surface area contributed by atoms with Gasteiger partial charge in [-0.3, -0.25) is 0 Å². The van der Waals surface area contributed by atoms with Crippen molar-refractivity contribution in [2.75, 3.05) is 27.1 Å². The number of nitrogens with zero attached hydrogens (tertiary/aromatic N) is 3. The molecule has 0 saturated carbocycles. The fraction of sp³-hybridized carbons (Fsp3) is 0.250. The zero-order valence-corrected chi connectivity index (χ0v) is 11.3. The highest BCUT2D eigenvalue weighted by Crippen LogP contribution is 2.32. The molecule has 8 nitrogen and oxygen atoms in total. The highest BCUT2D eigenvalue weighted by atomic mass is 16.5. The Kier molecular flexibility index (Phi) is 4.04. The van der Waals surface area contributed by atoms with E-state index >= 15 is 0 Å². The van der Waals surface area contributed by atoms with Crippen molar-refractivity contribution in [3.63, 3.8) is 0 Å². The number of nitrogens with two attached hydrogens (primary N) is 1. The molecule has 2 N–H and O–H groups in total. The summed E-state index contributed by atoms with van der Waals surface area (Å²) in [4.78, 5) is 11.8. The summed E-state index contributed by atoms with van der Waals surface area (Å²) in [6.07, 6.45) is 0. The molecule has 20 heavy (non-hydrogen) atoms. The quantitative estimate of drug-likeness (QED) is 0.816. The van der Waals surface area contributed by atoms with Crippen LogP contribution in [0.1, 0.15) is 0 Å². The molecule has 0 aliphatic heterocycles. The minimum Gasteiger partial charge on any atom is -0.493 e. The second-order valence-corrected chi connectivity index (χ2v) is 3.60. The number of hydrogen-bond donors (Lipinski definition) is 1. The van der Waals surface area contributed by atoms with E-state index in [1.165, 1.54) is 21.3 Å². The first-order chi connectivity index (χ1) is 9.66. The molecule has 0 radical (unpaired) electrons. The molecule has 1 aromatic carbocycles. The van der Waals surface area contributed by atoms with Crippen LogP contribution >= 0.6 is 0 Å². The van der Waals surface area contributed by atoms with Crippen molar-refractivity contribution in [2.45, 2.75) is 0 Å². The lowest BCUT2D eigenvalue weighted by atomic mass is 10.3. The molecule has 0 aliphatic carbocycles. The van der Waals surface area contributed by atoms with Crippen molar-refractivity contribution in [1.82, 2.24) is 15.0 Å². The summed E-state index contributed by atoms with van der Waals surface area (Å²) in [5.74, 6) is 0.875. The van der Waals surface area contributed by atoms with Crippen molar-refractivity contribution in [3.8, 4) is 29.5 Å². The molecular weight excluding hydrogens is 264 g/mol. The van der Waals surface area contributed by atoms with Crippen LogP contribution in [-0.4, -0.2) is 36.3 Å². The zero-order valence-electron chi connectivity index (χ0n) is 11.3. The van der Waals surface area contributed by atoms with Gasteiger partial charge in [-0.2, -0.15) is 0 Å². The number of rotatable bonds is 5. The molecule has 0 fully saturated rings. The topological polar surface area (TPSA) is 102 Å². The Morgan fingerprint density at radius 1 is 0.800 bits per heavy atom. The van der Waals surface area contributed by atoms with E-state index in [1.807, 2.05) is 0 Å². The van der Waals surface area contributed by atoms with Gasteiger partial charge >= 0.3 is 18.0 Å². The Morgan fingerprint density at radius 3 is 1.95 bits per heavy atom. The molecule has 106 valence electrons. The van der Waals surface area contributed by atoms with Crippen molar-refractivity contribution in [1.29, 1.82) is 0 Å². The predicted molar refractivity (Wildman–Crippen MR) is 70.4 cm³/mol. The van der Waals surface area contributed by atoms with Crippen LogP contribution in [0.2, 0.25) is 0 Å². The van der Waals surface area contributed by atoms with Crippen LogP contribution in [-0.2, 0) is 0 Å². The standard InChI is InChI=1S/C12H14N4O4/c1-17-8-5-4-7(13)6-9(8)20-12-15-10(18-2)14-11(16-12)19-3/h4-6H,13H2,1-3H3. The minimum atomic E-state index is 0.0117. The summed E-state index contributed by atoms with van der Waals surface area (Å²) in [7, 11) is 4.38. The summed E-state index contributed by atoms with van der Waals surface area (Å²) >= 11 is 0. The second-order valence-electron chi connectivity index (χ2n) is 3.60. The third kappa shape index (κ3) is 2.97. The van der Waals surface area contributed by atoms with Gasteiger partial charge in [-0.1, -0.05) is 0 Å². The zero-order chi connectivity index (χ0) is 14.5. The second kappa shape index (κ2) is 5.91. The largest absolute Gasteiger partial charge is 0.493 e. The summed E-state index contributed by atoms with van der Waals surface area (Å²) in [6.45, 7) is 0. The van der Waals surface area contributed by atoms with Crippen LogP contribution in [0.5, 0.6) is 29.5 Å². The van der Waals surface area contributed by atoms with Gasteiger partial charge in [0.2, 0.25) is 0 Å². The molecule has 2 rings (SSSR count). The number of nitrogen functional groups attached to an aromatic ring is 1. The van der Waals surface area contributed by atoms with E-state index in [2.05, 4.69) is 15.0 Å². The number of aromatic nitrogens is 3. The molecule has 8 heteroatoms. The molecule has 1 aromatic heterocycles. The van der Waals surface area contributed by atoms with Crippen molar-refractivity contribution in [2.24, 2.45) is 0 Å². The Labute approximate surface area is 115 Å². The molecule has 0 aliphatic rings. The van der Waals surface area contributed by atoms with Crippen LogP contribution in [0.4, 0.5) is 5.69 Å². The lowest BCUT2D eigenvalue weighted by molar-refractivity contribution is 0.314. The van der Waals surface area contributed by atoms with E-state index in [1.54, 1.807) is 18.2 Å². The molecular formula is C12H14N4O4. The van der Waals surface area contributed by atoms with Crippen LogP contribution < -0.4 is 24.7 Å². The van der Waals surface area contributed by atoms with Gasteiger partial charge in [0, 0.05) is 11.8 Å². The number of methoxy groups -OCH3 is 3. The molecule has 0 amide bonds. The third-order valence-electron chi connectivity index (χ3n) is 2.33. The van der Waals surface area contributed by atoms with Crippen LogP contribution in [0.3, 0.4) is 0 Å². The number of ether oxygens (including phenoxy) is 4. The average molecular weight is 278 g/mol. The third-order valence-corrected chi connectivity index (χ3v) is 2.33. The van der Waals surface area contributed by atoms with E-state index < -0.39 is 0 Å². The SMILES string of the molecule is COc1nc(OC)nc(Oc2cc(N)ccc2OC)n1. The van der Waals surface area contributed by atoms with Gasteiger partial charge in [-0.25, -0.2) is 0 Å². The average Bonchev–Trinajstić information content (AvgIpc) is 2.47. The van der Waals surface area contributed by atoms with Gasteiger partial charge in [0.1, 0.15) is 0 Å². The Bertz CT molecular complexity index is 584. The maximum Gasteiger partial charge on any atom is 0.331 e. The van der Waals surface area contributed by atoms with Crippen LogP contribution in [0.15, 0.2) is 18.2 Å². The van der Waals surface area contributed by atoms with E-state index in [0.29, 0.717) is 17.2 Å². The Morgan fingerprint density at radius 2 is 1.40 bits per heavy atom. The normalized spacial score (nSPS) is 9.95. The summed E-state index contributed by atoms with van der Waals surface area (Å²) < 4.78 is 20.6. The lowest BCUT2D eigenvalue weighted by Crippen LogP contribution is -2.02. The van der Waals surface area contributed by atoms with E-state index in [4.69, 9.17) is 24.7 Å². The molecule has 0 unspecified atom stereocenters. The Balaban J connectivity index is 2.36. The summed E-state index contributed by atoms with van der Waals surface area (Å²) in [5, 5.41) is 0. The summed E-state index contributed by atoms with van der Waals surface area (Å²) in [6, 6.07) is 5.14. The molecule has 0 atom stereocenters. The Hall–Kier alpha value is -2.77. The van der Waals surface area contributed by atoms with Crippen LogP contribution in [0, 0.1) is 0 Å². The van der Waals surface area contributed by atoms with E-state index in [-0.39, 0.29) is 18.0 Å². The van der Waals surface area contributed by atoms with Gasteiger partial charge in [0.25, 0.3) is 0 Å². The maximum atomic E-state index is 5.71. The molecule has 1 heterocycles. The van der Waals surface area contributed by atoms with Gasteiger partial charge in [0.15, 0.2) is 11.5 Å². The number of hydrogen-bond acceptors (Lipinski definition) is 8. The first kappa shape index (κ1) is 13.7. The predicted octanol–water partition coefficient (Wildman–Crippen LogP) is 1.27. The first-order valence-electron chi connectivity index (χ1n) is 5.61. The maximum absolute atomic E-state index is 5.71. The monoisotopic (exact) mass is 278 g/mol. The highest BCUT2D eigenvalue weighted by molar-refractivity contribution is 5.52. The lowest BCUT2D eigenvalue weighted by Gasteiger charge is -2.10. The fourth-order valence-electron chi connectivity index (χ4n) is 1.42. The van der Waals surface area contributed by atoms with Gasteiger partial charge < -0.3 is 24.7 Å². The van der Waals surface area contributed by atoms with Crippen molar-refractivity contribution in [3.05, 3.63) is 18.2 Å². The molecule has 2 aromatic rings. The van der Waals surface area contributed by atoms with E-state index in [0.717, 1.165) is 0 Å². The van der Waals surface area contributed by atoms with Gasteiger partial charge in [-0.05, 0) is 12.1 Å². The molecule has 0 bridgehead atoms. The highest BCUT2D eigenvalue weighted by Gasteiger charge is 2.12. The number of benzene rings is 1. The molecule has 0 saturated heterocycles. The van der Waals surface area contributed by atoms with E-state index in [9.17, 15) is 0 Å². The smallest absolute Gasteiger partial charge is 0.331 e. The minimum absolute atomic E-state index is 0.0117.